The number of carbonyl (C=O) groups is 2. The second kappa shape index (κ2) is 8.82. The van der Waals surface area contributed by atoms with Gasteiger partial charge in [-0.05, 0) is 41.5 Å². The van der Waals surface area contributed by atoms with Crippen LogP contribution in [0, 0.1) is 11.7 Å². The monoisotopic (exact) mass is 409 g/mol. The normalized spacial score (nSPS) is 19.4. The Morgan fingerprint density at radius 2 is 1.73 bits per heavy atom. The predicted molar refractivity (Wildman–Crippen MR) is 115 cm³/mol. The van der Waals surface area contributed by atoms with Gasteiger partial charge in [0.1, 0.15) is 5.82 Å². The number of amides is 1. The van der Waals surface area contributed by atoms with E-state index in [1.807, 2.05) is 36.4 Å². The Labute approximate surface area is 177 Å². The predicted octanol–water partition coefficient (Wildman–Crippen LogP) is 4.75. The van der Waals surface area contributed by atoms with Gasteiger partial charge in [0.2, 0.25) is 0 Å². The molecule has 3 rings (SSSR count). The van der Waals surface area contributed by atoms with Crippen LogP contribution in [0.25, 0.3) is 0 Å². The second-order valence-electron chi connectivity index (χ2n) is 8.71. The average molecular weight is 410 g/mol. The fourth-order valence-electron chi connectivity index (χ4n) is 3.84. The summed E-state index contributed by atoms with van der Waals surface area (Å²) in [6, 6.07) is 13.6. The number of methoxy groups -OCH3 is 1. The number of allylic oxidation sites excluding steroid dienone is 1. The number of halogens is 1. The molecule has 0 aromatic heterocycles. The highest BCUT2D eigenvalue weighted by Crippen LogP contribution is 2.35. The molecule has 2 aromatic carbocycles. The summed E-state index contributed by atoms with van der Waals surface area (Å²) in [5.41, 5.74) is 2.07. The summed E-state index contributed by atoms with van der Waals surface area (Å²) in [4.78, 5) is 25.1. The minimum atomic E-state index is -0.750. The van der Waals surface area contributed by atoms with Gasteiger partial charge in [0.25, 0.3) is 5.91 Å². The largest absolute Gasteiger partial charge is 0.469 e. The third-order valence-corrected chi connectivity index (χ3v) is 5.57. The lowest BCUT2D eigenvalue weighted by Gasteiger charge is -2.22. The fraction of sp³-hybridized carbons (Fsp3) is 0.360. The molecule has 0 fully saturated rings. The molecule has 0 unspecified atom stereocenters. The Bertz CT molecular complexity index is 944. The molecule has 0 saturated carbocycles. The zero-order valence-corrected chi connectivity index (χ0v) is 17.8. The molecule has 5 heteroatoms. The molecule has 3 atom stereocenters. The molecular formula is C25H28FNO3. The van der Waals surface area contributed by atoms with E-state index in [9.17, 15) is 14.0 Å². The minimum Gasteiger partial charge on any atom is -0.469 e. The molecule has 1 aliphatic rings. The molecule has 0 aliphatic heterocycles. The summed E-state index contributed by atoms with van der Waals surface area (Å²) in [7, 11) is 1.30. The van der Waals surface area contributed by atoms with Crippen LogP contribution in [-0.2, 0) is 14.9 Å². The van der Waals surface area contributed by atoms with Gasteiger partial charge < -0.3 is 10.1 Å². The Morgan fingerprint density at radius 1 is 1.07 bits per heavy atom. The first-order valence-corrected chi connectivity index (χ1v) is 10.1. The highest BCUT2D eigenvalue weighted by molar-refractivity contribution is 5.94. The maximum absolute atomic E-state index is 14.3. The van der Waals surface area contributed by atoms with Crippen molar-refractivity contribution < 1.29 is 18.7 Å². The van der Waals surface area contributed by atoms with Crippen LogP contribution in [0.2, 0.25) is 0 Å². The van der Waals surface area contributed by atoms with Crippen molar-refractivity contribution in [1.29, 1.82) is 0 Å². The molecule has 158 valence electrons. The third-order valence-electron chi connectivity index (χ3n) is 5.57. The molecular weight excluding hydrogens is 381 g/mol. The van der Waals surface area contributed by atoms with Crippen LogP contribution in [0.1, 0.15) is 54.6 Å². The molecule has 0 bridgehead atoms. The van der Waals surface area contributed by atoms with Crippen LogP contribution in [-0.4, -0.2) is 25.0 Å². The van der Waals surface area contributed by atoms with Crippen LogP contribution in [0.4, 0.5) is 4.39 Å². The van der Waals surface area contributed by atoms with Crippen molar-refractivity contribution in [1.82, 2.24) is 5.32 Å². The van der Waals surface area contributed by atoms with E-state index in [-0.39, 0.29) is 23.3 Å². The van der Waals surface area contributed by atoms with Crippen LogP contribution in [0.3, 0.4) is 0 Å². The van der Waals surface area contributed by atoms with Crippen molar-refractivity contribution in [3.8, 4) is 0 Å². The van der Waals surface area contributed by atoms with Crippen LogP contribution >= 0.6 is 0 Å². The van der Waals surface area contributed by atoms with Gasteiger partial charge in [-0.25, -0.2) is 4.39 Å². The second-order valence-corrected chi connectivity index (χ2v) is 8.71. The fourth-order valence-corrected chi connectivity index (χ4v) is 3.84. The standard InChI is InChI=1S/C25H28FNO3/c1-25(2,3)18-12-9-16(10-13-18)23(28)27-19-14-11-17(15-19)22(24(29)30-4)20-7-5-6-8-21(20)26/h5-14,17,19,22H,15H2,1-4H3,(H,27,28)/t17-,19+,22-/m0/s1. The average Bonchev–Trinajstić information content (AvgIpc) is 3.16. The number of hydrogen-bond donors (Lipinski definition) is 1. The van der Waals surface area contributed by atoms with Gasteiger partial charge in [-0.3, -0.25) is 9.59 Å². The summed E-state index contributed by atoms with van der Waals surface area (Å²) >= 11 is 0. The lowest BCUT2D eigenvalue weighted by Crippen LogP contribution is -2.34. The van der Waals surface area contributed by atoms with Crippen molar-refractivity contribution in [2.45, 2.75) is 44.6 Å². The summed E-state index contributed by atoms with van der Waals surface area (Å²) < 4.78 is 19.3. The summed E-state index contributed by atoms with van der Waals surface area (Å²) in [5.74, 6) is -2.11. The van der Waals surface area contributed by atoms with Gasteiger partial charge in [0.05, 0.1) is 13.0 Å². The molecule has 1 amide bonds. The SMILES string of the molecule is COC(=O)[C@H](c1ccccc1F)[C@H]1C=C[C@@H](NC(=O)c2ccc(C(C)(C)C)cc2)C1. The van der Waals surface area contributed by atoms with Crippen molar-refractivity contribution >= 4 is 11.9 Å². The maximum Gasteiger partial charge on any atom is 0.313 e. The number of nitrogens with one attached hydrogen (secondary N) is 1. The summed E-state index contributed by atoms with van der Waals surface area (Å²) in [5, 5.41) is 2.99. The first-order chi connectivity index (χ1) is 14.2. The number of benzene rings is 2. The number of carbonyl (C=O) groups excluding carboxylic acids is 2. The van der Waals surface area contributed by atoms with Gasteiger partial charge in [-0.2, -0.15) is 0 Å². The first-order valence-electron chi connectivity index (χ1n) is 10.1. The Hall–Kier alpha value is -2.95. The zero-order valence-electron chi connectivity index (χ0n) is 17.8. The Balaban J connectivity index is 1.70. The van der Waals surface area contributed by atoms with Crippen LogP contribution < -0.4 is 5.32 Å². The van der Waals surface area contributed by atoms with Crippen molar-refractivity contribution in [2.75, 3.05) is 7.11 Å². The van der Waals surface area contributed by atoms with Gasteiger partial charge >= 0.3 is 5.97 Å². The van der Waals surface area contributed by atoms with Gasteiger partial charge in [0.15, 0.2) is 0 Å². The van der Waals surface area contributed by atoms with E-state index in [2.05, 4.69) is 26.1 Å². The van der Waals surface area contributed by atoms with Gasteiger partial charge in [-0.15, -0.1) is 0 Å². The third kappa shape index (κ3) is 4.78. The topological polar surface area (TPSA) is 55.4 Å². The smallest absolute Gasteiger partial charge is 0.313 e. The minimum absolute atomic E-state index is 0.0199. The molecule has 2 aromatic rings. The number of ether oxygens (including phenoxy) is 1. The highest BCUT2D eigenvalue weighted by Gasteiger charge is 2.35. The molecule has 4 nitrogen and oxygen atoms in total. The molecule has 1 N–H and O–H groups in total. The van der Waals surface area contributed by atoms with Crippen LogP contribution in [0.5, 0.6) is 0 Å². The van der Waals surface area contributed by atoms with E-state index in [4.69, 9.17) is 4.74 Å². The molecule has 0 spiro atoms. The molecule has 0 radical (unpaired) electrons. The van der Waals surface area contributed by atoms with Crippen LogP contribution in [0.15, 0.2) is 60.7 Å². The van der Waals surface area contributed by atoms with Crippen molar-refractivity contribution in [2.24, 2.45) is 5.92 Å². The quantitative estimate of drug-likeness (QED) is 0.573. The number of hydrogen-bond acceptors (Lipinski definition) is 3. The number of rotatable bonds is 5. The van der Waals surface area contributed by atoms with Gasteiger partial charge in [0, 0.05) is 17.2 Å². The maximum atomic E-state index is 14.3. The summed E-state index contributed by atoms with van der Waals surface area (Å²) in [6.07, 6.45) is 4.23. The van der Waals surface area contributed by atoms with E-state index < -0.39 is 17.7 Å². The lowest BCUT2D eigenvalue weighted by molar-refractivity contribution is -0.143. The lowest BCUT2D eigenvalue weighted by atomic mass is 9.85. The summed E-state index contributed by atoms with van der Waals surface area (Å²) in [6.45, 7) is 6.37. The van der Waals surface area contributed by atoms with E-state index in [1.54, 1.807) is 18.2 Å². The van der Waals surface area contributed by atoms with E-state index in [0.29, 0.717) is 17.5 Å². The highest BCUT2D eigenvalue weighted by atomic mass is 19.1. The van der Waals surface area contributed by atoms with Crippen molar-refractivity contribution in [3.05, 3.63) is 83.2 Å². The zero-order chi connectivity index (χ0) is 21.9. The molecule has 0 heterocycles. The van der Waals surface area contributed by atoms with E-state index in [0.717, 1.165) is 5.56 Å². The van der Waals surface area contributed by atoms with Gasteiger partial charge in [-0.1, -0.05) is 63.3 Å². The molecule has 0 saturated heterocycles. The molecule has 30 heavy (non-hydrogen) atoms. The first kappa shape index (κ1) is 21.8. The molecule has 1 aliphatic carbocycles. The number of esters is 1. The Morgan fingerprint density at radius 3 is 2.33 bits per heavy atom. The van der Waals surface area contributed by atoms with E-state index >= 15 is 0 Å². The van der Waals surface area contributed by atoms with Crippen molar-refractivity contribution in [3.63, 3.8) is 0 Å². The Kier molecular flexibility index (Phi) is 6.40. The van der Waals surface area contributed by atoms with E-state index in [1.165, 1.54) is 13.2 Å².